The van der Waals surface area contributed by atoms with Gasteiger partial charge in [0.05, 0.1) is 35.7 Å². The van der Waals surface area contributed by atoms with Crippen molar-refractivity contribution in [2.75, 3.05) is 25.1 Å². The van der Waals surface area contributed by atoms with Gasteiger partial charge in [0.2, 0.25) is 18.1 Å². The Bertz CT molecular complexity index is 1570. The second-order valence-corrected chi connectivity index (χ2v) is 10.5. The molecule has 3 N–H and O–H groups in total. The third kappa shape index (κ3) is 5.93. The van der Waals surface area contributed by atoms with Gasteiger partial charge in [0, 0.05) is 30.1 Å². The lowest BCUT2D eigenvalue weighted by atomic mass is 9.91. The predicted molar refractivity (Wildman–Crippen MR) is 143 cm³/mol. The number of aromatic amines is 1. The Balaban J connectivity index is 1.26. The van der Waals surface area contributed by atoms with E-state index in [1.54, 1.807) is 25.1 Å². The summed E-state index contributed by atoms with van der Waals surface area (Å²) < 4.78 is 52.7. The third-order valence-electron chi connectivity index (χ3n) is 7.05. The van der Waals surface area contributed by atoms with Gasteiger partial charge in [-0.05, 0) is 68.1 Å². The zero-order valence-corrected chi connectivity index (χ0v) is 22.1. The van der Waals surface area contributed by atoms with Crippen LogP contribution in [0.5, 0.6) is 0 Å². The largest absolute Gasteiger partial charge is 0.355 e. The number of carbonyl (C=O) groups excluding carboxylic acids is 1. The second kappa shape index (κ2) is 10.9. The van der Waals surface area contributed by atoms with Crippen LogP contribution in [0.25, 0.3) is 22.6 Å². The molecule has 0 atom stereocenters. The number of ether oxygens (including phenoxy) is 2. The molecule has 2 fully saturated rings. The molecule has 3 heterocycles. The molecule has 1 aliphatic carbocycles. The normalized spacial score (nSPS) is 20.5. The number of H-pyrrole nitrogens is 1. The highest BCUT2D eigenvalue weighted by atomic mass is 19.2. The summed E-state index contributed by atoms with van der Waals surface area (Å²) in [5.41, 5.74) is 1.39. The molecular weight excluding hydrogens is 537 g/mol. The van der Waals surface area contributed by atoms with E-state index >= 15 is 0 Å². The van der Waals surface area contributed by atoms with Crippen molar-refractivity contribution in [2.24, 2.45) is 11.3 Å². The summed E-state index contributed by atoms with van der Waals surface area (Å²) in [5.74, 6) is -1.46. The highest BCUT2D eigenvalue weighted by molar-refractivity contribution is 5.82. The first-order valence-corrected chi connectivity index (χ1v) is 13.2. The maximum atomic E-state index is 13.7. The summed E-state index contributed by atoms with van der Waals surface area (Å²) in [4.78, 5) is 29.4. The standard InChI is InChI=1S/C29H27F3N6O3/c1-29(27(39)34-13-16-2-3-16)14-40-26(41-15-29)25-37-23(17-4-6-18(30)7-5-17)24(38-25)22-10-11-33-28(36-22)35-19-8-9-20(31)21(32)12-19/h4-12,16,26H,2-3,13-15H2,1H3,(H,34,39)(H,37,38)(H,33,35,36). The summed E-state index contributed by atoms with van der Waals surface area (Å²) in [6.07, 6.45) is 2.89. The van der Waals surface area contributed by atoms with Crippen molar-refractivity contribution >= 4 is 17.5 Å². The lowest BCUT2D eigenvalue weighted by Crippen LogP contribution is -2.49. The Hall–Kier alpha value is -4.29. The van der Waals surface area contributed by atoms with E-state index in [0.29, 0.717) is 40.9 Å². The van der Waals surface area contributed by atoms with Crippen molar-refractivity contribution in [3.63, 3.8) is 0 Å². The van der Waals surface area contributed by atoms with Gasteiger partial charge in [-0.15, -0.1) is 0 Å². The molecular formula is C29H27F3N6O3. The van der Waals surface area contributed by atoms with E-state index in [4.69, 9.17) is 14.5 Å². The SMILES string of the molecule is CC1(C(=O)NCC2CC2)COC(c2nc(-c3ccc(F)cc3)c(-c3ccnc(Nc4ccc(F)c(F)c4)n3)[nH]2)OC1. The van der Waals surface area contributed by atoms with Crippen LogP contribution in [-0.4, -0.2) is 45.6 Å². The average Bonchev–Trinajstić information content (AvgIpc) is 3.70. The number of benzene rings is 2. The molecule has 0 radical (unpaired) electrons. The first-order chi connectivity index (χ1) is 19.8. The maximum Gasteiger partial charge on any atom is 0.230 e. The Morgan fingerprint density at radius 1 is 1.02 bits per heavy atom. The number of nitrogens with one attached hydrogen (secondary N) is 3. The van der Waals surface area contributed by atoms with E-state index < -0.39 is 29.2 Å². The van der Waals surface area contributed by atoms with Crippen LogP contribution >= 0.6 is 0 Å². The number of imidazole rings is 1. The zero-order valence-electron chi connectivity index (χ0n) is 22.1. The van der Waals surface area contributed by atoms with Crippen LogP contribution in [0.3, 0.4) is 0 Å². The first-order valence-electron chi connectivity index (χ1n) is 13.2. The summed E-state index contributed by atoms with van der Waals surface area (Å²) in [7, 11) is 0. The molecule has 2 aromatic carbocycles. The molecule has 2 aromatic heterocycles. The van der Waals surface area contributed by atoms with Gasteiger partial charge >= 0.3 is 0 Å². The maximum absolute atomic E-state index is 13.7. The van der Waals surface area contributed by atoms with Crippen LogP contribution in [0.4, 0.5) is 24.8 Å². The van der Waals surface area contributed by atoms with Gasteiger partial charge in [0.15, 0.2) is 17.5 Å². The number of halogens is 3. The monoisotopic (exact) mass is 564 g/mol. The van der Waals surface area contributed by atoms with Crippen LogP contribution in [0.2, 0.25) is 0 Å². The Morgan fingerprint density at radius 2 is 1.78 bits per heavy atom. The highest BCUT2D eigenvalue weighted by Gasteiger charge is 2.41. The molecule has 12 heteroatoms. The molecule has 4 aromatic rings. The minimum Gasteiger partial charge on any atom is -0.355 e. The number of hydrogen-bond donors (Lipinski definition) is 3. The van der Waals surface area contributed by atoms with Gasteiger partial charge < -0.3 is 25.1 Å². The average molecular weight is 565 g/mol. The summed E-state index contributed by atoms with van der Waals surface area (Å²) in [5, 5.41) is 5.85. The number of aromatic nitrogens is 4. The lowest BCUT2D eigenvalue weighted by molar-refractivity contribution is -0.231. The molecule has 41 heavy (non-hydrogen) atoms. The minimum atomic E-state index is -1.01. The number of hydrogen-bond acceptors (Lipinski definition) is 7. The van der Waals surface area contributed by atoms with Gasteiger partial charge in [0.1, 0.15) is 5.82 Å². The van der Waals surface area contributed by atoms with Crippen molar-refractivity contribution in [3.8, 4) is 22.6 Å². The van der Waals surface area contributed by atoms with Crippen LogP contribution in [0.15, 0.2) is 54.7 Å². The van der Waals surface area contributed by atoms with E-state index in [-0.39, 0.29) is 30.8 Å². The van der Waals surface area contributed by atoms with E-state index in [1.807, 2.05) is 0 Å². The Morgan fingerprint density at radius 3 is 2.49 bits per heavy atom. The summed E-state index contributed by atoms with van der Waals surface area (Å²) in [6, 6.07) is 10.8. The van der Waals surface area contributed by atoms with Crippen LogP contribution in [0, 0.1) is 28.8 Å². The highest BCUT2D eigenvalue weighted by Crippen LogP contribution is 2.36. The van der Waals surface area contributed by atoms with E-state index in [2.05, 4.69) is 25.6 Å². The van der Waals surface area contributed by atoms with Gasteiger partial charge in [-0.1, -0.05) is 0 Å². The molecule has 1 aliphatic heterocycles. The number of rotatable bonds is 8. The number of amides is 1. The molecule has 1 amide bonds. The van der Waals surface area contributed by atoms with E-state index in [9.17, 15) is 18.0 Å². The van der Waals surface area contributed by atoms with Gasteiger partial charge in [0.25, 0.3) is 0 Å². The molecule has 0 bridgehead atoms. The van der Waals surface area contributed by atoms with Crippen LogP contribution < -0.4 is 10.6 Å². The minimum absolute atomic E-state index is 0.114. The quantitative estimate of drug-likeness (QED) is 0.267. The van der Waals surface area contributed by atoms with Crippen molar-refractivity contribution in [2.45, 2.75) is 26.1 Å². The second-order valence-electron chi connectivity index (χ2n) is 10.5. The lowest BCUT2D eigenvalue weighted by Gasteiger charge is -2.35. The number of carbonyl (C=O) groups is 1. The molecule has 9 nitrogen and oxygen atoms in total. The van der Waals surface area contributed by atoms with Gasteiger partial charge in [-0.25, -0.2) is 28.1 Å². The van der Waals surface area contributed by atoms with Crippen LogP contribution in [0.1, 0.15) is 31.9 Å². The third-order valence-corrected chi connectivity index (χ3v) is 7.05. The number of nitrogens with zero attached hydrogens (tertiary/aromatic N) is 3. The van der Waals surface area contributed by atoms with Crippen molar-refractivity contribution in [1.29, 1.82) is 0 Å². The fraction of sp³-hybridized carbons (Fsp3) is 0.310. The molecule has 0 unspecified atom stereocenters. The molecule has 1 saturated heterocycles. The topological polar surface area (TPSA) is 114 Å². The molecule has 6 rings (SSSR count). The summed E-state index contributed by atoms with van der Waals surface area (Å²) in [6.45, 7) is 2.72. The summed E-state index contributed by atoms with van der Waals surface area (Å²) >= 11 is 0. The van der Waals surface area contributed by atoms with Crippen LogP contribution in [-0.2, 0) is 14.3 Å². The Kier molecular flexibility index (Phi) is 7.18. The first kappa shape index (κ1) is 26.9. The molecule has 1 saturated carbocycles. The molecule has 0 spiro atoms. The number of anilines is 2. The molecule has 212 valence electrons. The van der Waals surface area contributed by atoms with E-state index in [1.165, 1.54) is 24.4 Å². The van der Waals surface area contributed by atoms with Crippen molar-refractivity contribution in [3.05, 3.63) is 78.0 Å². The van der Waals surface area contributed by atoms with E-state index in [0.717, 1.165) is 25.0 Å². The van der Waals surface area contributed by atoms with Crippen molar-refractivity contribution in [1.82, 2.24) is 25.3 Å². The van der Waals surface area contributed by atoms with Crippen molar-refractivity contribution < 1.29 is 27.4 Å². The van der Waals surface area contributed by atoms with Gasteiger partial charge in [-0.2, -0.15) is 0 Å². The smallest absolute Gasteiger partial charge is 0.230 e. The predicted octanol–water partition coefficient (Wildman–Crippen LogP) is 5.27. The molecule has 2 aliphatic rings. The van der Waals surface area contributed by atoms with Gasteiger partial charge in [-0.3, -0.25) is 4.79 Å². The fourth-order valence-electron chi connectivity index (χ4n) is 4.44. The Labute approximate surface area is 233 Å². The zero-order chi connectivity index (χ0) is 28.6. The fourth-order valence-corrected chi connectivity index (χ4v) is 4.44.